The first-order valence-corrected chi connectivity index (χ1v) is 7.88. The second kappa shape index (κ2) is 6.42. The van der Waals surface area contributed by atoms with Crippen molar-refractivity contribution in [3.8, 4) is 17.3 Å². The van der Waals surface area contributed by atoms with Crippen molar-refractivity contribution in [2.24, 2.45) is 0 Å². The van der Waals surface area contributed by atoms with Crippen LogP contribution in [0.5, 0.6) is 0 Å². The Bertz CT molecular complexity index is 908. The number of carbonyl (C=O) groups is 1. The molecule has 2 aromatic carbocycles. The molecule has 4 nitrogen and oxygen atoms in total. The summed E-state index contributed by atoms with van der Waals surface area (Å²) in [7, 11) is 0. The highest BCUT2D eigenvalue weighted by atomic mass is 32.1. The van der Waals surface area contributed by atoms with E-state index in [1.165, 1.54) is 0 Å². The van der Waals surface area contributed by atoms with Gasteiger partial charge in [-0.15, -0.1) is 11.3 Å². The first kappa shape index (κ1) is 14.9. The summed E-state index contributed by atoms with van der Waals surface area (Å²) in [6, 6.07) is 16.2. The molecule has 23 heavy (non-hydrogen) atoms. The Kier molecular flexibility index (Phi) is 4.18. The fourth-order valence-electron chi connectivity index (χ4n) is 2.19. The van der Waals surface area contributed by atoms with Gasteiger partial charge in [0.15, 0.2) is 0 Å². The minimum Gasteiger partial charge on any atom is -0.322 e. The van der Waals surface area contributed by atoms with E-state index < -0.39 is 0 Å². The van der Waals surface area contributed by atoms with Gasteiger partial charge < -0.3 is 5.32 Å². The number of nitriles is 1. The number of hydrogen-bond donors (Lipinski definition) is 1. The minimum atomic E-state index is -0.242. The number of nitrogens with one attached hydrogen (secondary N) is 1. The van der Waals surface area contributed by atoms with Gasteiger partial charge in [0.05, 0.1) is 22.3 Å². The summed E-state index contributed by atoms with van der Waals surface area (Å²) in [5.41, 5.74) is 3.47. The third kappa shape index (κ3) is 3.44. The fraction of sp³-hybridized carbons (Fsp3) is 0.0556. The lowest BCUT2D eigenvalue weighted by molar-refractivity contribution is 0.102. The van der Waals surface area contributed by atoms with Crippen molar-refractivity contribution in [1.29, 1.82) is 5.26 Å². The Balaban J connectivity index is 1.83. The van der Waals surface area contributed by atoms with Crippen LogP contribution in [0.15, 0.2) is 53.9 Å². The molecule has 0 saturated heterocycles. The largest absolute Gasteiger partial charge is 0.322 e. The smallest absolute Gasteiger partial charge is 0.255 e. The first-order valence-electron chi connectivity index (χ1n) is 7.00. The van der Waals surface area contributed by atoms with Crippen molar-refractivity contribution < 1.29 is 4.79 Å². The van der Waals surface area contributed by atoms with E-state index in [4.69, 9.17) is 5.26 Å². The molecule has 112 valence electrons. The van der Waals surface area contributed by atoms with Gasteiger partial charge in [-0.05, 0) is 37.3 Å². The quantitative estimate of drug-likeness (QED) is 0.785. The van der Waals surface area contributed by atoms with Crippen LogP contribution in [-0.4, -0.2) is 10.9 Å². The summed E-state index contributed by atoms with van der Waals surface area (Å²) in [4.78, 5) is 16.8. The summed E-state index contributed by atoms with van der Waals surface area (Å²) >= 11 is 1.59. The molecule has 0 spiro atoms. The average molecular weight is 319 g/mol. The van der Waals surface area contributed by atoms with Gasteiger partial charge in [0.2, 0.25) is 0 Å². The number of hydrogen-bond acceptors (Lipinski definition) is 4. The molecule has 1 amide bonds. The number of anilines is 1. The number of benzene rings is 2. The molecule has 0 aliphatic heterocycles. The zero-order valence-electron chi connectivity index (χ0n) is 12.4. The minimum absolute atomic E-state index is 0.242. The summed E-state index contributed by atoms with van der Waals surface area (Å²) < 4.78 is 0. The van der Waals surface area contributed by atoms with Gasteiger partial charge in [-0.3, -0.25) is 4.79 Å². The van der Waals surface area contributed by atoms with Crippen molar-refractivity contribution in [3.05, 3.63) is 70.0 Å². The van der Waals surface area contributed by atoms with Crippen LogP contribution in [0.2, 0.25) is 0 Å². The van der Waals surface area contributed by atoms with Gasteiger partial charge in [0, 0.05) is 22.2 Å². The second-order valence-corrected chi connectivity index (χ2v) is 6.04. The molecule has 0 saturated carbocycles. The van der Waals surface area contributed by atoms with Gasteiger partial charge in [-0.1, -0.05) is 18.2 Å². The Hall–Kier alpha value is -2.97. The number of nitrogens with zero attached hydrogens (tertiary/aromatic N) is 2. The van der Waals surface area contributed by atoms with Gasteiger partial charge in [0.1, 0.15) is 0 Å². The van der Waals surface area contributed by atoms with E-state index >= 15 is 0 Å². The Morgan fingerprint density at radius 2 is 2.04 bits per heavy atom. The lowest BCUT2D eigenvalue weighted by Gasteiger charge is -2.07. The number of carbonyl (C=O) groups excluding carboxylic acids is 1. The lowest BCUT2D eigenvalue weighted by atomic mass is 10.1. The van der Waals surface area contributed by atoms with Crippen LogP contribution < -0.4 is 5.32 Å². The van der Waals surface area contributed by atoms with Crippen molar-refractivity contribution in [2.75, 3.05) is 5.32 Å². The van der Waals surface area contributed by atoms with E-state index in [0.717, 1.165) is 16.3 Å². The molecule has 0 bridgehead atoms. The molecule has 0 atom stereocenters. The molecule has 0 aliphatic rings. The maximum absolute atomic E-state index is 12.3. The fourth-order valence-corrected chi connectivity index (χ4v) is 2.81. The summed E-state index contributed by atoms with van der Waals surface area (Å²) in [5.74, 6) is -0.242. The molecule has 3 rings (SSSR count). The van der Waals surface area contributed by atoms with Crippen molar-refractivity contribution in [3.63, 3.8) is 0 Å². The second-order valence-electron chi connectivity index (χ2n) is 4.98. The molecular weight excluding hydrogens is 306 g/mol. The monoisotopic (exact) mass is 319 g/mol. The topological polar surface area (TPSA) is 65.8 Å². The van der Waals surface area contributed by atoms with E-state index in [1.807, 2.05) is 42.6 Å². The van der Waals surface area contributed by atoms with Crippen LogP contribution in [0, 0.1) is 18.3 Å². The van der Waals surface area contributed by atoms with Crippen molar-refractivity contribution >= 4 is 22.9 Å². The van der Waals surface area contributed by atoms with Crippen molar-refractivity contribution in [1.82, 2.24) is 4.98 Å². The standard InChI is InChI=1S/C18H13N3OS/c1-12-20-17(11-23-12)14-5-3-7-16(9-14)21-18(22)15-6-2-4-13(8-15)10-19/h2-9,11H,1H3,(H,21,22). The summed E-state index contributed by atoms with van der Waals surface area (Å²) in [6.07, 6.45) is 0. The molecule has 1 N–H and O–H groups in total. The molecule has 3 aromatic rings. The zero-order chi connectivity index (χ0) is 16.2. The maximum atomic E-state index is 12.3. The maximum Gasteiger partial charge on any atom is 0.255 e. The van der Waals surface area contributed by atoms with E-state index in [0.29, 0.717) is 16.8 Å². The van der Waals surface area contributed by atoms with Crippen LogP contribution >= 0.6 is 11.3 Å². The molecular formula is C18H13N3OS. The van der Waals surface area contributed by atoms with Gasteiger partial charge in [0.25, 0.3) is 5.91 Å². The van der Waals surface area contributed by atoms with Gasteiger partial charge in [-0.25, -0.2) is 4.98 Å². The molecule has 0 radical (unpaired) electrons. The third-order valence-corrected chi connectivity index (χ3v) is 4.06. The highest BCUT2D eigenvalue weighted by Crippen LogP contribution is 2.24. The Labute approximate surface area is 138 Å². The molecule has 0 unspecified atom stereocenters. The first-order chi connectivity index (χ1) is 11.2. The van der Waals surface area contributed by atoms with Crippen LogP contribution in [0.1, 0.15) is 20.9 Å². The van der Waals surface area contributed by atoms with Gasteiger partial charge >= 0.3 is 0 Å². The molecule has 1 aromatic heterocycles. The van der Waals surface area contributed by atoms with E-state index in [2.05, 4.69) is 10.3 Å². The number of aryl methyl sites for hydroxylation is 1. The van der Waals surface area contributed by atoms with Gasteiger partial charge in [-0.2, -0.15) is 5.26 Å². The summed E-state index contributed by atoms with van der Waals surface area (Å²) in [5, 5.41) is 14.8. The molecule has 1 heterocycles. The predicted molar refractivity (Wildman–Crippen MR) is 91.4 cm³/mol. The van der Waals surface area contributed by atoms with E-state index in [1.54, 1.807) is 35.6 Å². The lowest BCUT2D eigenvalue weighted by Crippen LogP contribution is -2.11. The number of aromatic nitrogens is 1. The van der Waals surface area contributed by atoms with Crippen LogP contribution in [0.25, 0.3) is 11.3 Å². The van der Waals surface area contributed by atoms with Crippen molar-refractivity contribution in [2.45, 2.75) is 6.92 Å². The highest BCUT2D eigenvalue weighted by Gasteiger charge is 2.08. The molecule has 5 heteroatoms. The molecule has 0 fully saturated rings. The zero-order valence-corrected chi connectivity index (χ0v) is 13.2. The van der Waals surface area contributed by atoms with Crippen LogP contribution in [0.3, 0.4) is 0 Å². The average Bonchev–Trinajstić information content (AvgIpc) is 3.02. The highest BCUT2D eigenvalue weighted by molar-refractivity contribution is 7.09. The predicted octanol–water partition coefficient (Wildman–Crippen LogP) is 4.24. The van der Waals surface area contributed by atoms with Crippen LogP contribution in [-0.2, 0) is 0 Å². The summed E-state index contributed by atoms with van der Waals surface area (Å²) in [6.45, 7) is 1.96. The Morgan fingerprint density at radius 3 is 2.78 bits per heavy atom. The molecule has 0 aliphatic carbocycles. The Morgan fingerprint density at radius 1 is 1.22 bits per heavy atom. The van der Waals surface area contributed by atoms with Crippen LogP contribution in [0.4, 0.5) is 5.69 Å². The number of rotatable bonds is 3. The SMILES string of the molecule is Cc1nc(-c2cccc(NC(=O)c3cccc(C#N)c3)c2)cs1. The van der Waals surface area contributed by atoms with E-state index in [-0.39, 0.29) is 5.91 Å². The number of amides is 1. The number of thiazole rings is 1. The normalized spacial score (nSPS) is 10.1. The van der Waals surface area contributed by atoms with E-state index in [9.17, 15) is 4.79 Å². The third-order valence-electron chi connectivity index (χ3n) is 3.29.